The van der Waals surface area contributed by atoms with Gasteiger partial charge in [0.1, 0.15) is 5.54 Å². The van der Waals surface area contributed by atoms with Gasteiger partial charge in [0, 0.05) is 0 Å². The molecule has 0 bridgehead atoms. The van der Waals surface area contributed by atoms with Crippen molar-refractivity contribution >= 4 is 34.7 Å². The number of carbonyl (C=O) groups is 1. The molecule has 2 rings (SSSR count). The van der Waals surface area contributed by atoms with Crippen molar-refractivity contribution in [1.82, 2.24) is 5.32 Å². The van der Waals surface area contributed by atoms with Crippen LogP contribution in [0.1, 0.15) is 42.3 Å². The van der Waals surface area contributed by atoms with Crippen LogP contribution < -0.4 is 11.1 Å². The molecule has 4 N–H and O–H groups in total. The Labute approximate surface area is 126 Å². The van der Waals surface area contributed by atoms with Gasteiger partial charge in [0.15, 0.2) is 5.84 Å². The standard InChI is InChI=1S/C13H18ClN3O2S/c1-8-4-6-13(7-5-8,12(15)17-19)16-11(18)9-2-3-10(14)20-9/h2-3,8,19H,4-7H2,1H3,(H2,15,17)(H,16,18). The number of hydrogen-bond acceptors (Lipinski definition) is 4. The molecule has 0 unspecified atom stereocenters. The molecule has 0 aromatic carbocycles. The number of carbonyl (C=O) groups excluding carboxylic acids is 1. The van der Waals surface area contributed by atoms with Gasteiger partial charge in [-0.15, -0.1) is 11.3 Å². The second-order valence-corrected chi connectivity index (χ2v) is 7.02. The number of oxime groups is 1. The van der Waals surface area contributed by atoms with Crippen molar-refractivity contribution in [2.24, 2.45) is 16.8 Å². The maximum absolute atomic E-state index is 12.3. The number of rotatable bonds is 3. The summed E-state index contributed by atoms with van der Waals surface area (Å²) in [4.78, 5) is 12.8. The van der Waals surface area contributed by atoms with Crippen LogP contribution in [0.2, 0.25) is 4.34 Å². The smallest absolute Gasteiger partial charge is 0.262 e. The summed E-state index contributed by atoms with van der Waals surface area (Å²) in [6.45, 7) is 2.16. The third-order valence-electron chi connectivity index (χ3n) is 3.88. The van der Waals surface area contributed by atoms with Crippen molar-refractivity contribution in [3.8, 4) is 0 Å². The number of nitrogens with two attached hydrogens (primary N) is 1. The van der Waals surface area contributed by atoms with Crippen LogP contribution in [0.25, 0.3) is 0 Å². The number of hydrogen-bond donors (Lipinski definition) is 3. The van der Waals surface area contributed by atoms with Crippen molar-refractivity contribution < 1.29 is 10.0 Å². The molecule has 0 spiro atoms. The molecule has 1 aromatic heterocycles. The zero-order chi connectivity index (χ0) is 14.8. The van der Waals surface area contributed by atoms with Crippen LogP contribution in [-0.2, 0) is 0 Å². The number of amides is 1. The number of amidine groups is 1. The summed E-state index contributed by atoms with van der Waals surface area (Å²) in [6, 6.07) is 3.36. The van der Waals surface area contributed by atoms with E-state index in [1.807, 2.05) is 0 Å². The fraction of sp³-hybridized carbons (Fsp3) is 0.538. The average Bonchev–Trinajstić information content (AvgIpc) is 2.87. The highest BCUT2D eigenvalue weighted by Gasteiger charge is 2.40. The highest BCUT2D eigenvalue weighted by Crippen LogP contribution is 2.33. The first-order valence-corrected chi connectivity index (χ1v) is 7.72. The second kappa shape index (κ2) is 6.01. The van der Waals surface area contributed by atoms with E-state index in [1.165, 1.54) is 11.3 Å². The summed E-state index contributed by atoms with van der Waals surface area (Å²) in [6.07, 6.45) is 3.22. The first-order valence-electron chi connectivity index (χ1n) is 6.53. The van der Waals surface area contributed by atoms with Crippen LogP contribution in [0.4, 0.5) is 0 Å². The fourth-order valence-electron chi connectivity index (χ4n) is 2.51. The molecule has 110 valence electrons. The maximum atomic E-state index is 12.3. The fourth-order valence-corrected chi connectivity index (χ4v) is 3.45. The number of halogens is 1. The van der Waals surface area contributed by atoms with E-state index in [-0.39, 0.29) is 11.7 Å². The molecule has 0 aliphatic heterocycles. The Kier molecular flexibility index (Phi) is 4.55. The van der Waals surface area contributed by atoms with E-state index in [0.29, 0.717) is 28.0 Å². The molecular weight excluding hydrogens is 298 g/mol. The Morgan fingerprint density at radius 2 is 2.20 bits per heavy atom. The summed E-state index contributed by atoms with van der Waals surface area (Å²) in [5.41, 5.74) is 5.07. The van der Waals surface area contributed by atoms with Gasteiger partial charge in [0.05, 0.1) is 9.21 Å². The molecule has 1 aliphatic carbocycles. The molecule has 0 radical (unpaired) electrons. The monoisotopic (exact) mass is 315 g/mol. The van der Waals surface area contributed by atoms with E-state index in [1.54, 1.807) is 12.1 Å². The molecule has 0 saturated heterocycles. The highest BCUT2D eigenvalue weighted by molar-refractivity contribution is 7.18. The lowest BCUT2D eigenvalue weighted by Crippen LogP contribution is -2.59. The van der Waals surface area contributed by atoms with E-state index in [4.69, 9.17) is 22.5 Å². The summed E-state index contributed by atoms with van der Waals surface area (Å²) < 4.78 is 0.560. The highest BCUT2D eigenvalue weighted by atomic mass is 35.5. The summed E-state index contributed by atoms with van der Waals surface area (Å²) in [5, 5.41) is 15.0. The van der Waals surface area contributed by atoms with Crippen molar-refractivity contribution in [3.05, 3.63) is 21.3 Å². The van der Waals surface area contributed by atoms with Gasteiger partial charge in [-0.2, -0.15) is 0 Å². The Hall–Kier alpha value is -1.27. The first kappa shape index (κ1) is 15.1. The van der Waals surface area contributed by atoms with E-state index < -0.39 is 5.54 Å². The SMILES string of the molecule is CC1CCC(NC(=O)c2ccc(Cl)s2)(C(N)=NO)CC1. The molecule has 1 aliphatic rings. The molecular formula is C13H18ClN3O2S. The molecule has 1 fully saturated rings. The van der Waals surface area contributed by atoms with Gasteiger partial charge in [-0.25, -0.2) is 0 Å². The number of nitrogens with one attached hydrogen (secondary N) is 1. The van der Waals surface area contributed by atoms with Gasteiger partial charge in [0.2, 0.25) is 0 Å². The van der Waals surface area contributed by atoms with Crippen molar-refractivity contribution in [2.45, 2.75) is 38.1 Å². The average molecular weight is 316 g/mol. The van der Waals surface area contributed by atoms with Crippen LogP contribution in [0.3, 0.4) is 0 Å². The van der Waals surface area contributed by atoms with Crippen LogP contribution >= 0.6 is 22.9 Å². The minimum atomic E-state index is -0.755. The Balaban J connectivity index is 2.18. The normalized spacial score (nSPS) is 27.3. The minimum Gasteiger partial charge on any atom is -0.409 e. The van der Waals surface area contributed by atoms with Gasteiger partial charge in [0.25, 0.3) is 5.91 Å². The molecule has 0 atom stereocenters. The zero-order valence-corrected chi connectivity index (χ0v) is 12.8. The van der Waals surface area contributed by atoms with E-state index in [2.05, 4.69) is 17.4 Å². The third kappa shape index (κ3) is 3.07. The molecule has 1 aromatic rings. The zero-order valence-electron chi connectivity index (χ0n) is 11.2. The van der Waals surface area contributed by atoms with Crippen LogP contribution in [0.15, 0.2) is 17.3 Å². The molecule has 7 heteroatoms. The van der Waals surface area contributed by atoms with E-state index in [9.17, 15) is 4.79 Å². The predicted octanol–water partition coefficient (Wildman–Crippen LogP) is 2.83. The number of nitrogens with zero attached hydrogens (tertiary/aromatic N) is 1. The van der Waals surface area contributed by atoms with E-state index in [0.717, 1.165) is 12.8 Å². The van der Waals surface area contributed by atoms with Crippen LogP contribution in [0, 0.1) is 5.92 Å². The molecule has 1 amide bonds. The lowest BCUT2D eigenvalue weighted by molar-refractivity contribution is 0.0901. The van der Waals surface area contributed by atoms with E-state index >= 15 is 0 Å². The molecule has 1 heterocycles. The van der Waals surface area contributed by atoms with Crippen molar-refractivity contribution in [2.75, 3.05) is 0 Å². The summed E-state index contributed by atoms with van der Waals surface area (Å²) >= 11 is 7.05. The Bertz CT molecular complexity index is 521. The maximum Gasteiger partial charge on any atom is 0.262 e. The largest absolute Gasteiger partial charge is 0.409 e. The van der Waals surface area contributed by atoms with Gasteiger partial charge >= 0.3 is 0 Å². The second-order valence-electron chi connectivity index (χ2n) is 5.31. The molecule has 20 heavy (non-hydrogen) atoms. The molecule has 5 nitrogen and oxygen atoms in total. The Morgan fingerprint density at radius 1 is 1.55 bits per heavy atom. The number of thiophene rings is 1. The third-order valence-corrected chi connectivity index (χ3v) is 5.11. The Morgan fingerprint density at radius 3 is 2.70 bits per heavy atom. The van der Waals surface area contributed by atoms with Crippen molar-refractivity contribution in [1.29, 1.82) is 0 Å². The van der Waals surface area contributed by atoms with Gasteiger partial charge in [-0.1, -0.05) is 23.7 Å². The van der Waals surface area contributed by atoms with Crippen molar-refractivity contribution in [3.63, 3.8) is 0 Å². The van der Waals surface area contributed by atoms with Gasteiger partial charge in [-0.3, -0.25) is 4.79 Å². The minimum absolute atomic E-state index is 0.0698. The topological polar surface area (TPSA) is 87.7 Å². The lowest BCUT2D eigenvalue weighted by atomic mass is 9.76. The van der Waals surface area contributed by atoms with Gasteiger partial charge in [-0.05, 0) is 43.7 Å². The summed E-state index contributed by atoms with van der Waals surface area (Å²) in [7, 11) is 0. The van der Waals surface area contributed by atoms with Crippen LogP contribution in [0.5, 0.6) is 0 Å². The van der Waals surface area contributed by atoms with Gasteiger partial charge < -0.3 is 16.3 Å². The van der Waals surface area contributed by atoms with Crippen LogP contribution in [-0.4, -0.2) is 22.5 Å². The quantitative estimate of drug-likeness (QED) is 0.347. The predicted molar refractivity (Wildman–Crippen MR) is 80.6 cm³/mol. The summed E-state index contributed by atoms with van der Waals surface area (Å²) in [5.74, 6) is 0.422. The lowest BCUT2D eigenvalue weighted by Gasteiger charge is -2.38. The first-order chi connectivity index (χ1) is 9.47. The molecule has 1 saturated carbocycles.